The standard InChI is InChI=1S/C13H15ClO4/c1-8(9(2)15)13(3,12(16)17)18-11-6-4-10(14)5-7-11/h4-8H,1-3H3,(H,16,17)/p-1. The van der Waals surface area contributed by atoms with Crippen molar-refractivity contribution in [2.24, 2.45) is 5.92 Å². The number of halogens is 1. The number of ether oxygens (including phenoxy) is 1. The van der Waals surface area contributed by atoms with Crippen molar-refractivity contribution >= 4 is 23.4 Å². The highest BCUT2D eigenvalue weighted by molar-refractivity contribution is 6.30. The highest BCUT2D eigenvalue weighted by Gasteiger charge is 2.38. The molecular formula is C13H14ClO4-. The van der Waals surface area contributed by atoms with Crippen molar-refractivity contribution in [2.75, 3.05) is 0 Å². The number of aliphatic carboxylic acids is 1. The second-order valence-electron chi connectivity index (χ2n) is 4.28. The first-order chi connectivity index (χ1) is 8.27. The Balaban J connectivity index is 3.03. The van der Waals surface area contributed by atoms with Crippen LogP contribution in [0.25, 0.3) is 0 Å². The zero-order valence-electron chi connectivity index (χ0n) is 10.4. The topological polar surface area (TPSA) is 66.4 Å². The Bertz CT molecular complexity index is 455. The van der Waals surface area contributed by atoms with Gasteiger partial charge in [-0.2, -0.15) is 0 Å². The van der Waals surface area contributed by atoms with E-state index in [0.717, 1.165) is 0 Å². The molecule has 0 amide bonds. The molecule has 98 valence electrons. The molecule has 0 aliphatic heterocycles. The molecule has 0 N–H and O–H groups in total. The van der Waals surface area contributed by atoms with Crippen molar-refractivity contribution in [3.8, 4) is 5.75 Å². The number of hydrogen-bond acceptors (Lipinski definition) is 4. The van der Waals surface area contributed by atoms with E-state index in [1.165, 1.54) is 32.9 Å². The molecule has 0 fully saturated rings. The van der Waals surface area contributed by atoms with Gasteiger partial charge in [-0.15, -0.1) is 0 Å². The van der Waals surface area contributed by atoms with Crippen LogP contribution in [0.3, 0.4) is 0 Å². The van der Waals surface area contributed by atoms with E-state index in [-0.39, 0.29) is 5.78 Å². The van der Waals surface area contributed by atoms with Gasteiger partial charge in [0.05, 0.1) is 11.9 Å². The molecule has 5 heteroatoms. The van der Waals surface area contributed by atoms with Crippen LogP contribution in [0.15, 0.2) is 24.3 Å². The Kier molecular flexibility index (Phi) is 4.35. The van der Waals surface area contributed by atoms with Crippen molar-refractivity contribution in [1.29, 1.82) is 0 Å². The summed E-state index contributed by atoms with van der Waals surface area (Å²) in [7, 11) is 0. The highest BCUT2D eigenvalue weighted by atomic mass is 35.5. The third-order valence-electron chi connectivity index (χ3n) is 2.98. The number of carboxylic acid groups (broad SMARTS) is 1. The van der Waals surface area contributed by atoms with Crippen molar-refractivity contribution in [3.05, 3.63) is 29.3 Å². The molecule has 4 nitrogen and oxygen atoms in total. The van der Waals surface area contributed by atoms with E-state index in [4.69, 9.17) is 16.3 Å². The lowest BCUT2D eigenvalue weighted by Crippen LogP contribution is -2.56. The van der Waals surface area contributed by atoms with Gasteiger partial charge in [0.15, 0.2) is 5.60 Å². The van der Waals surface area contributed by atoms with Gasteiger partial charge in [0.1, 0.15) is 11.5 Å². The lowest BCUT2D eigenvalue weighted by Gasteiger charge is -2.35. The molecule has 0 saturated heterocycles. The van der Waals surface area contributed by atoms with Crippen LogP contribution in [0.1, 0.15) is 20.8 Å². The zero-order chi connectivity index (χ0) is 13.9. The van der Waals surface area contributed by atoms with Crippen LogP contribution in [-0.4, -0.2) is 17.4 Å². The largest absolute Gasteiger partial charge is 0.546 e. The molecule has 1 aromatic carbocycles. The van der Waals surface area contributed by atoms with Gasteiger partial charge in [0, 0.05) is 5.02 Å². The van der Waals surface area contributed by atoms with Crippen LogP contribution in [0.4, 0.5) is 0 Å². The quantitative estimate of drug-likeness (QED) is 0.811. The van der Waals surface area contributed by atoms with Crippen LogP contribution in [0, 0.1) is 5.92 Å². The third kappa shape index (κ3) is 3.01. The minimum Gasteiger partial charge on any atom is -0.546 e. The number of Topliss-reactive ketones (excluding diaryl/α,β-unsaturated/α-hetero) is 1. The van der Waals surface area contributed by atoms with Crippen molar-refractivity contribution in [2.45, 2.75) is 26.4 Å². The summed E-state index contributed by atoms with van der Waals surface area (Å²) in [5.41, 5.74) is -1.71. The molecule has 2 unspecified atom stereocenters. The summed E-state index contributed by atoms with van der Waals surface area (Å²) in [5.74, 6) is -2.21. The number of carbonyl (C=O) groups excluding carboxylic acids is 2. The molecule has 1 rings (SSSR count). The molecule has 0 aromatic heterocycles. The fourth-order valence-electron chi connectivity index (χ4n) is 1.44. The Morgan fingerprint density at radius 2 is 1.83 bits per heavy atom. The fourth-order valence-corrected chi connectivity index (χ4v) is 1.57. The van der Waals surface area contributed by atoms with Crippen LogP contribution in [-0.2, 0) is 9.59 Å². The molecule has 0 spiro atoms. The van der Waals surface area contributed by atoms with E-state index < -0.39 is 17.5 Å². The first-order valence-corrected chi connectivity index (χ1v) is 5.81. The minimum atomic E-state index is -1.71. The van der Waals surface area contributed by atoms with Gasteiger partial charge in [0.25, 0.3) is 0 Å². The number of rotatable bonds is 5. The summed E-state index contributed by atoms with van der Waals surface area (Å²) >= 11 is 5.72. The monoisotopic (exact) mass is 269 g/mol. The second kappa shape index (κ2) is 5.40. The summed E-state index contributed by atoms with van der Waals surface area (Å²) in [5, 5.41) is 11.7. The summed E-state index contributed by atoms with van der Waals surface area (Å²) in [6.07, 6.45) is 0. The van der Waals surface area contributed by atoms with E-state index in [2.05, 4.69) is 0 Å². The first kappa shape index (κ1) is 14.5. The summed E-state index contributed by atoms with van der Waals surface area (Å²) < 4.78 is 5.40. The molecule has 18 heavy (non-hydrogen) atoms. The number of hydrogen-bond donors (Lipinski definition) is 0. The highest BCUT2D eigenvalue weighted by Crippen LogP contribution is 2.26. The van der Waals surface area contributed by atoms with Crippen molar-refractivity contribution in [3.63, 3.8) is 0 Å². The molecule has 0 aliphatic rings. The summed E-state index contributed by atoms with van der Waals surface area (Å²) in [6, 6.07) is 6.23. The van der Waals surface area contributed by atoms with E-state index >= 15 is 0 Å². The van der Waals surface area contributed by atoms with Gasteiger partial charge in [-0.25, -0.2) is 0 Å². The minimum absolute atomic E-state index is 0.282. The Morgan fingerprint density at radius 1 is 1.33 bits per heavy atom. The van der Waals surface area contributed by atoms with E-state index in [0.29, 0.717) is 10.8 Å². The average molecular weight is 270 g/mol. The number of carbonyl (C=O) groups is 2. The molecule has 0 bridgehead atoms. The van der Waals surface area contributed by atoms with Crippen molar-refractivity contribution < 1.29 is 19.4 Å². The SMILES string of the molecule is CC(=O)C(C)C(C)(Oc1ccc(Cl)cc1)C(=O)[O-]. The van der Waals surface area contributed by atoms with Crippen LogP contribution >= 0.6 is 11.6 Å². The van der Waals surface area contributed by atoms with Crippen LogP contribution in [0.2, 0.25) is 5.02 Å². The van der Waals surface area contributed by atoms with Crippen LogP contribution in [0.5, 0.6) is 5.75 Å². The number of carboxylic acids is 1. The smallest absolute Gasteiger partial charge is 0.155 e. The maximum Gasteiger partial charge on any atom is 0.155 e. The maximum atomic E-state index is 11.3. The van der Waals surface area contributed by atoms with E-state index in [9.17, 15) is 14.7 Å². The summed E-state index contributed by atoms with van der Waals surface area (Å²) in [6.45, 7) is 4.13. The predicted octanol–water partition coefficient (Wildman–Crippen LogP) is 1.45. The van der Waals surface area contributed by atoms with Gasteiger partial charge in [-0.05, 0) is 38.1 Å². The normalized spacial score (nSPS) is 15.6. The van der Waals surface area contributed by atoms with Gasteiger partial charge in [-0.3, -0.25) is 4.79 Å². The van der Waals surface area contributed by atoms with Gasteiger partial charge >= 0.3 is 0 Å². The number of ketones is 1. The Hall–Kier alpha value is -1.55. The van der Waals surface area contributed by atoms with Crippen molar-refractivity contribution in [1.82, 2.24) is 0 Å². The number of benzene rings is 1. The van der Waals surface area contributed by atoms with Gasteiger partial charge in [-0.1, -0.05) is 18.5 Å². The van der Waals surface area contributed by atoms with Gasteiger partial charge in [0.2, 0.25) is 0 Å². The Morgan fingerprint density at radius 3 is 2.22 bits per heavy atom. The van der Waals surface area contributed by atoms with Crippen LogP contribution < -0.4 is 9.84 Å². The maximum absolute atomic E-state index is 11.3. The molecule has 0 radical (unpaired) electrons. The second-order valence-corrected chi connectivity index (χ2v) is 4.72. The zero-order valence-corrected chi connectivity index (χ0v) is 11.2. The first-order valence-electron chi connectivity index (χ1n) is 5.44. The molecular weight excluding hydrogens is 256 g/mol. The van der Waals surface area contributed by atoms with E-state index in [1.54, 1.807) is 12.1 Å². The molecule has 0 saturated carbocycles. The predicted molar refractivity (Wildman–Crippen MR) is 65.3 cm³/mol. The molecule has 0 heterocycles. The lowest BCUT2D eigenvalue weighted by atomic mass is 9.87. The molecule has 2 atom stereocenters. The Labute approximate surface area is 111 Å². The summed E-state index contributed by atoms with van der Waals surface area (Å²) in [4.78, 5) is 22.6. The lowest BCUT2D eigenvalue weighted by molar-refractivity contribution is -0.323. The van der Waals surface area contributed by atoms with E-state index in [1.807, 2.05) is 0 Å². The third-order valence-corrected chi connectivity index (χ3v) is 3.24. The molecule has 1 aromatic rings. The molecule has 0 aliphatic carbocycles. The van der Waals surface area contributed by atoms with Gasteiger partial charge < -0.3 is 14.6 Å². The fraction of sp³-hybridized carbons (Fsp3) is 0.385. The average Bonchev–Trinajstić information content (AvgIpc) is 2.30.